The van der Waals surface area contributed by atoms with Crippen LogP contribution in [0.15, 0.2) is 164 Å². The summed E-state index contributed by atoms with van der Waals surface area (Å²) in [6.07, 6.45) is 9.64. The molecule has 0 spiro atoms. The molecule has 5 aromatic carbocycles. The summed E-state index contributed by atoms with van der Waals surface area (Å²) in [4.78, 5) is 4.41. The number of hydrogen-bond donors (Lipinski definition) is 0. The van der Waals surface area contributed by atoms with E-state index < -0.39 is 9.52 Å². The minimum atomic E-state index is -0.782. The van der Waals surface area contributed by atoms with Crippen LogP contribution < -0.4 is 16.1 Å². The van der Waals surface area contributed by atoms with Gasteiger partial charge in [0.2, 0.25) is 6.71 Å². The zero-order valence-corrected chi connectivity index (χ0v) is 26.8. The lowest BCUT2D eigenvalue weighted by Crippen LogP contribution is -2.46. The van der Waals surface area contributed by atoms with E-state index in [1.54, 1.807) is 0 Å². The SMILES string of the molecule is CB(c1ccccc1)c1ccccc1.CCCCc1ccc([SiH2]C(c2ccccc2)(c2ccccc2)n2ccnc2)cc1. The van der Waals surface area contributed by atoms with Gasteiger partial charge in [0.25, 0.3) is 0 Å². The predicted octanol–water partition coefficient (Wildman–Crippen LogP) is 6.39. The topological polar surface area (TPSA) is 17.8 Å². The summed E-state index contributed by atoms with van der Waals surface area (Å²) in [5, 5.41) is 1.26. The van der Waals surface area contributed by atoms with Gasteiger partial charge in [-0.15, -0.1) is 0 Å². The molecule has 6 rings (SSSR count). The third kappa shape index (κ3) is 7.52. The minimum Gasteiger partial charge on any atom is -0.326 e. The fourth-order valence-corrected chi connectivity index (χ4v) is 8.16. The Kier molecular flexibility index (Phi) is 10.6. The first-order chi connectivity index (χ1) is 21.2. The standard InChI is InChI=1S/C26H28N2Si.C13H13B/c1-2-3-10-22-15-17-25(18-16-22)29-26(28-20-19-27-21-28,23-11-6-4-7-12-23)24-13-8-5-9-14-24;1-14(12-8-4-2-5-9-12)13-10-6-3-7-11-13/h4-9,11-21H,2-3,10,29H2,1H3;2-11H,1H3. The lowest BCUT2D eigenvalue weighted by Gasteiger charge is -2.37. The zero-order chi connectivity index (χ0) is 29.7. The van der Waals surface area contributed by atoms with Crippen LogP contribution in [0.5, 0.6) is 0 Å². The van der Waals surface area contributed by atoms with Crippen molar-refractivity contribution in [2.75, 3.05) is 0 Å². The first kappa shape index (κ1) is 30.1. The van der Waals surface area contributed by atoms with Gasteiger partial charge in [0, 0.05) is 12.4 Å². The van der Waals surface area contributed by atoms with Gasteiger partial charge in [-0.05, 0) is 29.5 Å². The summed E-state index contributed by atoms with van der Waals surface area (Å²) < 4.78 is 2.31. The number of aromatic nitrogens is 2. The highest BCUT2D eigenvalue weighted by Gasteiger charge is 2.36. The molecule has 0 saturated carbocycles. The summed E-state index contributed by atoms with van der Waals surface area (Å²) in [5.74, 6) is 0. The first-order valence-corrected chi connectivity index (χ1v) is 16.9. The second kappa shape index (κ2) is 15.2. The average molecular weight is 577 g/mol. The molecule has 1 heterocycles. The van der Waals surface area contributed by atoms with Crippen molar-refractivity contribution in [3.63, 3.8) is 0 Å². The second-order valence-electron chi connectivity index (χ2n) is 11.2. The van der Waals surface area contributed by atoms with Gasteiger partial charge in [0.05, 0.1) is 21.0 Å². The number of imidazole rings is 1. The molecule has 214 valence electrons. The number of aryl methyl sites for hydroxylation is 1. The summed E-state index contributed by atoms with van der Waals surface area (Å²) in [6.45, 7) is 4.97. The third-order valence-electron chi connectivity index (χ3n) is 8.35. The maximum Gasteiger partial charge on any atom is 0.206 e. The van der Waals surface area contributed by atoms with Gasteiger partial charge in [-0.3, -0.25) is 0 Å². The largest absolute Gasteiger partial charge is 0.326 e. The minimum absolute atomic E-state index is 0.204. The van der Waals surface area contributed by atoms with Crippen molar-refractivity contribution in [1.29, 1.82) is 0 Å². The molecule has 0 bridgehead atoms. The first-order valence-electron chi connectivity index (χ1n) is 15.5. The van der Waals surface area contributed by atoms with E-state index in [0.29, 0.717) is 6.71 Å². The number of nitrogens with zero attached hydrogens (tertiary/aromatic N) is 2. The van der Waals surface area contributed by atoms with Crippen molar-refractivity contribution < 1.29 is 0 Å². The number of rotatable bonds is 10. The van der Waals surface area contributed by atoms with Gasteiger partial charge < -0.3 is 4.57 Å². The average Bonchev–Trinajstić information content (AvgIpc) is 3.64. The Labute approximate surface area is 260 Å². The van der Waals surface area contributed by atoms with E-state index in [1.165, 1.54) is 52.1 Å². The lowest BCUT2D eigenvalue weighted by molar-refractivity contribution is 0.596. The molecule has 43 heavy (non-hydrogen) atoms. The molecule has 4 heteroatoms. The molecule has 0 unspecified atom stereocenters. The lowest BCUT2D eigenvalue weighted by atomic mass is 9.43. The number of benzene rings is 5. The van der Waals surface area contributed by atoms with Crippen LogP contribution in [0.1, 0.15) is 36.5 Å². The molecule has 2 nitrogen and oxygen atoms in total. The van der Waals surface area contributed by atoms with E-state index in [4.69, 9.17) is 0 Å². The summed E-state index contributed by atoms with van der Waals surface area (Å²) in [6, 6.07) is 52.4. The normalized spacial score (nSPS) is 11.2. The summed E-state index contributed by atoms with van der Waals surface area (Å²) >= 11 is 0. The van der Waals surface area contributed by atoms with E-state index in [2.05, 4.69) is 175 Å². The van der Waals surface area contributed by atoms with E-state index in [-0.39, 0.29) is 5.16 Å². The molecule has 0 amide bonds. The van der Waals surface area contributed by atoms with E-state index in [0.717, 1.165) is 0 Å². The highest BCUT2D eigenvalue weighted by Crippen LogP contribution is 2.33. The fourth-order valence-electron chi connectivity index (χ4n) is 5.85. The molecule has 0 aliphatic carbocycles. The maximum absolute atomic E-state index is 4.41. The van der Waals surface area contributed by atoms with Crippen LogP contribution in [-0.4, -0.2) is 25.8 Å². The van der Waals surface area contributed by atoms with E-state index in [1.807, 2.05) is 12.5 Å². The molecule has 0 fully saturated rings. The Hall–Kier alpha value is -4.41. The Morgan fingerprint density at radius 1 is 0.651 bits per heavy atom. The van der Waals surface area contributed by atoms with Crippen molar-refractivity contribution >= 4 is 32.3 Å². The van der Waals surface area contributed by atoms with Crippen LogP contribution in [0.25, 0.3) is 0 Å². The summed E-state index contributed by atoms with van der Waals surface area (Å²) in [7, 11) is -0.782. The van der Waals surface area contributed by atoms with Crippen LogP contribution in [-0.2, 0) is 11.6 Å². The molecule has 6 aromatic rings. The zero-order valence-electron chi connectivity index (χ0n) is 25.4. The van der Waals surface area contributed by atoms with Crippen molar-refractivity contribution in [1.82, 2.24) is 9.55 Å². The fraction of sp³-hybridized carbons (Fsp3) is 0.154. The van der Waals surface area contributed by atoms with Gasteiger partial charge in [-0.25, -0.2) is 4.98 Å². The molecule has 0 atom stereocenters. The van der Waals surface area contributed by atoms with Gasteiger partial charge in [-0.2, -0.15) is 0 Å². The molecule has 0 aliphatic rings. The Morgan fingerprint density at radius 2 is 1.14 bits per heavy atom. The van der Waals surface area contributed by atoms with Crippen molar-refractivity contribution in [3.05, 3.63) is 181 Å². The molecule has 0 aliphatic heterocycles. The molecular weight excluding hydrogens is 535 g/mol. The maximum atomic E-state index is 4.41. The second-order valence-corrected chi connectivity index (χ2v) is 13.4. The smallest absolute Gasteiger partial charge is 0.206 e. The van der Waals surface area contributed by atoms with E-state index in [9.17, 15) is 0 Å². The highest BCUT2D eigenvalue weighted by atomic mass is 28.2. The van der Waals surface area contributed by atoms with Crippen LogP contribution in [0.2, 0.25) is 6.82 Å². The van der Waals surface area contributed by atoms with E-state index >= 15 is 0 Å². The van der Waals surface area contributed by atoms with Crippen LogP contribution in [0, 0.1) is 0 Å². The van der Waals surface area contributed by atoms with Crippen molar-refractivity contribution in [2.24, 2.45) is 0 Å². The van der Waals surface area contributed by atoms with Gasteiger partial charge in [0.15, 0.2) is 0 Å². The quantitative estimate of drug-likeness (QED) is 0.173. The molecular formula is C39H41BN2Si. The molecule has 0 radical (unpaired) electrons. The molecule has 0 N–H and O–H groups in total. The highest BCUT2D eigenvalue weighted by molar-refractivity contribution is 6.84. The van der Waals surface area contributed by atoms with Crippen molar-refractivity contribution in [2.45, 2.75) is 38.2 Å². The Morgan fingerprint density at radius 3 is 1.58 bits per heavy atom. The number of unbranched alkanes of at least 4 members (excludes halogenated alkanes) is 1. The summed E-state index contributed by atoms with van der Waals surface area (Å²) in [5.41, 5.74) is 6.84. The third-order valence-corrected chi connectivity index (χ3v) is 10.9. The Bertz CT molecular complexity index is 1530. The van der Waals surface area contributed by atoms with Crippen LogP contribution in [0.3, 0.4) is 0 Å². The monoisotopic (exact) mass is 576 g/mol. The molecule has 0 saturated heterocycles. The predicted molar refractivity (Wildman–Crippen MR) is 188 cm³/mol. The van der Waals surface area contributed by atoms with Crippen molar-refractivity contribution in [3.8, 4) is 0 Å². The van der Waals surface area contributed by atoms with Gasteiger partial charge in [0.1, 0.15) is 0 Å². The molecule has 1 aromatic heterocycles. The van der Waals surface area contributed by atoms with Crippen LogP contribution >= 0.6 is 0 Å². The van der Waals surface area contributed by atoms with Gasteiger partial charge in [-0.1, -0.05) is 182 Å². The van der Waals surface area contributed by atoms with Gasteiger partial charge >= 0.3 is 0 Å². The Balaban J connectivity index is 0.000000220. The number of hydrogen-bond acceptors (Lipinski definition) is 1. The van der Waals surface area contributed by atoms with Crippen LogP contribution in [0.4, 0.5) is 0 Å².